The minimum Gasteiger partial charge on any atom is -0.504 e. The fraction of sp³-hybridized carbons (Fsp3) is 0.462. The number of ether oxygens (including phenoxy) is 1. The third kappa shape index (κ3) is 1.95. The number of carboxylic acids is 1. The predicted molar refractivity (Wildman–Crippen MR) is 62.6 cm³/mol. The number of rotatable bonds is 4. The van der Waals surface area contributed by atoms with E-state index in [1.807, 2.05) is 6.07 Å². The summed E-state index contributed by atoms with van der Waals surface area (Å²) in [5.74, 6) is -0.282. The van der Waals surface area contributed by atoms with Crippen molar-refractivity contribution >= 4 is 5.97 Å². The first-order chi connectivity index (χ1) is 8.00. The molecule has 2 N–H and O–H groups in total. The molecule has 0 saturated heterocycles. The van der Waals surface area contributed by atoms with E-state index in [0.717, 1.165) is 24.0 Å². The minimum absolute atomic E-state index is 0.0891. The Morgan fingerprint density at radius 3 is 2.59 bits per heavy atom. The number of phenolic OH excluding ortho intramolecular Hbond substituents is 1. The standard InChI is InChI=1S/C13H16O4/c1-8-3-4-9(12(17-2)11(8)16)13(5-6-13)7-10(14)15/h3-4,16H,5-7H2,1-2H3,(H,14,15). The summed E-state index contributed by atoms with van der Waals surface area (Å²) in [7, 11) is 1.49. The summed E-state index contributed by atoms with van der Waals surface area (Å²) in [4.78, 5) is 10.9. The SMILES string of the molecule is COc1c(C2(CC(=O)O)CC2)ccc(C)c1O. The van der Waals surface area contributed by atoms with Crippen LogP contribution in [0, 0.1) is 6.92 Å². The van der Waals surface area contributed by atoms with Gasteiger partial charge in [0.05, 0.1) is 13.5 Å². The highest BCUT2D eigenvalue weighted by Gasteiger charge is 2.48. The Hall–Kier alpha value is -1.71. The molecule has 0 aromatic heterocycles. The summed E-state index contributed by atoms with van der Waals surface area (Å²) < 4.78 is 5.22. The van der Waals surface area contributed by atoms with Gasteiger partial charge in [0, 0.05) is 11.0 Å². The van der Waals surface area contributed by atoms with E-state index >= 15 is 0 Å². The van der Waals surface area contributed by atoms with Crippen LogP contribution >= 0.6 is 0 Å². The van der Waals surface area contributed by atoms with E-state index in [1.165, 1.54) is 7.11 Å². The molecule has 1 aliphatic rings. The van der Waals surface area contributed by atoms with Gasteiger partial charge in [-0.15, -0.1) is 0 Å². The lowest BCUT2D eigenvalue weighted by Gasteiger charge is -2.18. The number of phenols is 1. The molecule has 0 bridgehead atoms. The maximum Gasteiger partial charge on any atom is 0.304 e. The van der Waals surface area contributed by atoms with Gasteiger partial charge in [-0.3, -0.25) is 4.79 Å². The van der Waals surface area contributed by atoms with E-state index in [-0.39, 0.29) is 17.6 Å². The van der Waals surface area contributed by atoms with Gasteiger partial charge in [-0.05, 0) is 25.3 Å². The van der Waals surface area contributed by atoms with Crippen LogP contribution in [0.4, 0.5) is 0 Å². The fourth-order valence-electron chi connectivity index (χ4n) is 2.28. The van der Waals surface area contributed by atoms with Crippen LogP contribution in [0.25, 0.3) is 0 Å². The summed E-state index contributed by atoms with van der Waals surface area (Å²) in [5, 5.41) is 18.9. The molecule has 1 saturated carbocycles. The number of hydrogen-bond donors (Lipinski definition) is 2. The van der Waals surface area contributed by atoms with Crippen LogP contribution in [0.2, 0.25) is 0 Å². The summed E-state index contributed by atoms with van der Waals surface area (Å²) in [6, 6.07) is 3.67. The molecule has 1 aliphatic carbocycles. The van der Waals surface area contributed by atoms with E-state index in [1.54, 1.807) is 13.0 Å². The first-order valence-corrected chi connectivity index (χ1v) is 5.59. The lowest BCUT2D eigenvalue weighted by molar-refractivity contribution is -0.137. The summed E-state index contributed by atoms with van der Waals surface area (Å²) in [5.41, 5.74) is 1.20. The van der Waals surface area contributed by atoms with Crippen molar-refractivity contribution in [3.63, 3.8) is 0 Å². The molecule has 2 rings (SSSR count). The second-order valence-corrected chi connectivity index (χ2v) is 4.66. The molecule has 0 heterocycles. The quantitative estimate of drug-likeness (QED) is 0.841. The molecule has 1 aromatic carbocycles. The molecule has 0 aliphatic heterocycles. The molecule has 1 aromatic rings. The first kappa shape index (κ1) is 11.8. The van der Waals surface area contributed by atoms with Crippen molar-refractivity contribution in [1.82, 2.24) is 0 Å². The number of aliphatic carboxylic acids is 1. The van der Waals surface area contributed by atoms with Gasteiger partial charge in [-0.2, -0.15) is 0 Å². The summed E-state index contributed by atoms with van der Waals surface area (Å²) in [6.45, 7) is 1.79. The van der Waals surface area contributed by atoms with Crippen LogP contribution < -0.4 is 4.74 Å². The second kappa shape index (κ2) is 3.95. The smallest absolute Gasteiger partial charge is 0.304 e. The first-order valence-electron chi connectivity index (χ1n) is 5.59. The van der Waals surface area contributed by atoms with E-state index in [4.69, 9.17) is 9.84 Å². The molecule has 0 amide bonds. The van der Waals surface area contributed by atoms with Crippen molar-refractivity contribution in [3.8, 4) is 11.5 Å². The van der Waals surface area contributed by atoms with Crippen LogP contribution in [0.3, 0.4) is 0 Å². The van der Waals surface area contributed by atoms with Gasteiger partial charge in [0.15, 0.2) is 11.5 Å². The van der Waals surface area contributed by atoms with Crippen molar-refractivity contribution in [1.29, 1.82) is 0 Å². The number of carboxylic acid groups (broad SMARTS) is 1. The van der Waals surface area contributed by atoms with Crippen molar-refractivity contribution in [2.75, 3.05) is 7.11 Å². The van der Waals surface area contributed by atoms with Crippen LogP contribution in [0.1, 0.15) is 30.4 Å². The Balaban J connectivity index is 2.46. The zero-order valence-electron chi connectivity index (χ0n) is 9.99. The van der Waals surface area contributed by atoms with E-state index in [2.05, 4.69) is 0 Å². The normalized spacial score (nSPS) is 16.6. The predicted octanol–water partition coefficient (Wildman–Crippen LogP) is 2.22. The van der Waals surface area contributed by atoms with Gasteiger partial charge in [-0.25, -0.2) is 0 Å². The Morgan fingerprint density at radius 2 is 2.12 bits per heavy atom. The molecule has 0 unspecified atom stereocenters. The third-order valence-corrected chi connectivity index (χ3v) is 3.45. The molecule has 0 atom stereocenters. The number of benzene rings is 1. The number of aromatic hydroxyl groups is 1. The van der Waals surface area contributed by atoms with Crippen LogP contribution in [0.5, 0.6) is 11.5 Å². The van der Waals surface area contributed by atoms with Gasteiger partial charge in [-0.1, -0.05) is 12.1 Å². The Kier molecular flexibility index (Phi) is 2.73. The van der Waals surface area contributed by atoms with E-state index < -0.39 is 5.97 Å². The van der Waals surface area contributed by atoms with E-state index in [0.29, 0.717) is 5.75 Å². The highest BCUT2D eigenvalue weighted by molar-refractivity contribution is 5.71. The highest BCUT2D eigenvalue weighted by Crippen LogP contribution is 2.55. The molecular formula is C13H16O4. The van der Waals surface area contributed by atoms with Crippen LogP contribution in [-0.2, 0) is 10.2 Å². The van der Waals surface area contributed by atoms with Crippen molar-refractivity contribution in [2.24, 2.45) is 0 Å². The van der Waals surface area contributed by atoms with Crippen molar-refractivity contribution in [3.05, 3.63) is 23.3 Å². The number of methoxy groups -OCH3 is 1. The fourth-order valence-corrected chi connectivity index (χ4v) is 2.28. The molecule has 0 radical (unpaired) electrons. The minimum atomic E-state index is -0.815. The zero-order valence-corrected chi connectivity index (χ0v) is 9.99. The maximum absolute atomic E-state index is 10.9. The van der Waals surface area contributed by atoms with Crippen LogP contribution in [-0.4, -0.2) is 23.3 Å². The topological polar surface area (TPSA) is 66.8 Å². The number of aryl methyl sites for hydroxylation is 1. The molecule has 92 valence electrons. The highest BCUT2D eigenvalue weighted by atomic mass is 16.5. The summed E-state index contributed by atoms with van der Waals surface area (Å²) in [6.07, 6.45) is 1.75. The number of carbonyl (C=O) groups is 1. The van der Waals surface area contributed by atoms with Gasteiger partial charge >= 0.3 is 5.97 Å². The zero-order chi connectivity index (χ0) is 12.6. The lowest BCUT2D eigenvalue weighted by Crippen LogP contribution is -2.14. The number of hydrogen-bond acceptors (Lipinski definition) is 3. The molecular weight excluding hydrogens is 220 g/mol. The Bertz CT molecular complexity index is 461. The lowest BCUT2D eigenvalue weighted by atomic mass is 9.90. The van der Waals surface area contributed by atoms with Gasteiger partial charge in [0.2, 0.25) is 0 Å². The van der Waals surface area contributed by atoms with Crippen LogP contribution in [0.15, 0.2) is 12.1 Å². The third-order valence-electron chi connectivity index (χ3n) is 3.45. The molecule has 0 spiro atoms. The summed E-state index contributed by atoms with van der Waals surface area (Å²) >= 11 is 0. The molecule has 1 fully saturated rings. The van der Waals surface area contributed by atoms with Crippen molar-refractivity contribution in [2.45, 2.75) is 31.6 Å². The van der Waals surface area contributed by atoms with E-state index in [9.17, 15) is 9.90 Å². The van der Waals surface area contributed by atoms with Gasteiger partial charge in [0.1, 0.15) is 0 Å². The Labute approximate surface area is 99.8 Å². The molecule has 4 nitrogen and oxygen atoms in total. The second-order valence-electron chi connectivity index (χ2n) is 4.66. The average Bonchev–Trinajstić information content (AvgIpc) is 3.01. The van der Waals surface area contributed by atoms with Gasteiger partial charge in [0.25, 0.3) is 0 Å². The average molecular weight is 236 g/mol. The maximum atomic E-state index is 10.9. The van der Waals surface area contributed by atoms with Crippen molar-refractivity contribution < 1.29 is 19.7 Å². The monoisotopic (exact) mass is 236 g/mol. The Morgan fingerprint density at radius 1 is 1.47 bits per heavy atom. The van der Waals surface area contributed by atoms with Gasteiger partial charge < -0.3 is 14.9 Å². The molecule has 17 heavy (non-hydrogen) atoms. The largest absolute Gasteiger partial charge is 0.504 e. The molecule has 4 heteroatoms.